The van der Waals surface area contributed by atoms with Gasteiger partial charge in [0.2, 0.25) is 0 Å². The fourth-order valence-corrected chi connectivity index (χ4v) is 4.75. The number of carboxylic acid groups (broad SMARTS) is 1. The van der Waals surface area contributed by atoms with Crippen molar-refractivity contribution in [2.45, 2.75) is 50.3 Å². The molecule has 26 heavy (non-hydrogen) atoms. The molecule has 136 valence electrons. The number of thioether (sulfide) groups is 1. The van der Waals surface area contributed by atoms with Crippen LogP contribution in [-0.4, -0.2) is 25.8 Å². The number of hydrogen-bond acceptors (Lipinski definition) is 5. The number of carbonyl (C=O) groups is 1. The summed E-state index contributed by atoms with van der Waals surface area (Å²) < 4.78 is -0.964. The number of thiophene rings is 1. The molecule has 2 heterocycles. The number of carboxylic acids is 1. The summed E-state index contributed by atoms with van der Waals surface area (Å²) in [5.74, 6) is 0.284. The second kappa shape index (κ2) is 7.00. The van der Waals surface area contributed by atoms with Gasteiger partial charge in [-0.25, -0.2) is 9.97 Å². The summed E-state index contributed by atoms with van der Waals surface area (Å²) in [5.41, 5.74) is 3.45. The summed E-state index contributed by atoms with van der Waals surface area (Å²) in [7, 11) is 0. The molecular weight excluding hydrogens is 364 g/mol. The predicted molar refractivity (Wildman–Crippen MR) is 109 cm³/mol. The van der Waals surface area contributed by atoms with Crippen molar-refractivity contribution in [2.24, 2.45) is 0 Å². The van der Waals surface area contributed by atoms with Crippen molar-refractivity contribution in [1.29, 1.82) is 0 Å². The molecule has 0 aliphatic carbocycles. The van der Waals surface area contributed by atoms with E-state index >= 15 is 0 Å². The minimum absolute atomic E-state index is 0.483. The third kappa shape index (κ3) is 3.62. The maximum absolute atomic E-state index is 11.6. The molecule has 0 saturated carbocycles. The third-order valence-corrected chi connectivity index (χ3v) is 6.31. The van der Waals surface area contributed by atoms with Gasteiger partial charge >= 0.3 is 5.97 Å². The van der Waals surface area contributed by atoms with Crippen LogP contribution in [0.5, 0.6) is 0 Å². The van der Waals surface area contributed by atoms with E-state index in [2.05, 4.69) is 53.5 Å². The molecule has 0 atom stereocenters. The fourth-order valence-electron chi connectivity index (χ4n) is 2.63. The van der Waals surface area contributed by atoms with Gasteiger partial charge in [0, 0.05) is 10.9 Å². The summed E-state index contributed by atoms with van der Waals surface area (Å²) in [5, 5.41) is 13.3. The van der Waals surface area contributed by atoms with Crippen LogP contribution in [0.1, 0.15) is 45.0 Å². The highest BCUT2D eigenvalue weighted by Gasteiger charge is 2.31. The highest BCUT2D eigenvalue weighted by molar-refractivity contribution is 8.01. The number of aromatic nitrogens is 2. The zero-order valence-corrected chi connectivity index (χ0v) is 17.2. The van der Waals surface area contributed by atoms with Gasteiger partial charge in [0.1, 0.15) is 20.4 Å². The van der Waals surface area contributed by atoms with Gasteiger partial charge < -0.3 is 5.11 Å². The Balaban J connectivity index is 2.14. The zero-order chi connectivity index (χ0) is 19.1. The number of fused-ring (bicyclic) bond motifs is 1. The van der Waals surface area contributed by atoms with Crippen LogP contribution in [0.15, 0.2) is 34.7 Å². The second-order valence-electron chi connectivity index (χ2n) is 7.10. The molecule has 0 aliphatic rings. The zero-order valence-electron chi connectivity index (χ0n) is 15.5. The van der Waals surface area contributed by atoms with E-state index in [4.69, 9.17) is 0 Å². The highest BCUT2D eigenvalue weighted by Crippen LogP contribution is 2.42. The van der Waals surface area contributed by atoms with Crippen molar-refractivity contribution in [3.63, 3.8) is 0 Å². The van der Waals surface area contributed by atoms with Crippen LogP contribution in [0.4, 0.5) is 0 Å². The average molecular weight is 387 g/mol. The first-order chi connectivity index (χ1) is 12.2. The molecular formula is C20H22N2O2S2. The van der Waals surface area contributed by atoms with Crippen LogP contribution in [0.25, 0.3) is 21.3 Å². The van der Waals surface area contributed by atoms with Crippen molar-refractivity contribution in [1.82, 2.24) is 9.97 Å². The molecule has 2 aromatic heterocycles. The summed E-state index contributed by atoms with van der Waals surface area (Å²) in [6, 6.07) is 8.53. The molecule has 0 bridgehead atoms. The number of aryl methyl sites for hydroxylation is 1. The maximum Gasteiger partial charge on any atom is 0.319 e. The summed E-state index contributed by atoms with van der Waals surface area (Å²) in [4.78, 5) is 21.6. The standard InChI is InChI=1S/C20H22N2O2S2/c1-11(2)13-6-8-14(9-7-13)15-10-25-17-16(15)18(22-12(3)21-17)26-20(4,5)19(23)24/h6-11H,1-5H3,(H,23,24). The quantitative estimate of drug-likeness (QED) is 0.447. The lowest BCUT2D eigenvalue weighted by atomic mass is 9.99. The first kappa shape index (κ1) is 18.9. The van der Waals surface area contributed by atoms with E-state index in [0.717, 1.165) is 26.4 Å². The van der Waals surface area contributed by atoms with Crippen LogP contribution >= 0.6 is 23.1 Å². The smallest absolute Gasteiger partial charge is 0.319 e. The van der Waals surface area contributed by atoms with E-state index in [9.17, 15) is 9.90 Å². The Kier molecular flexibility index (Phi) is 5.08. The molecule has 0 unspecified atom stereocenters. The van der Waals surface area contributed by atoms with Crippen molar-refractivity contribution in [3.05, 3.63) is 41.0 Å². The monoisotopic (exact) mass is 386 g/mol. The van der Waals surface area contributed by atoms with Crippen LogP contribution in [-0.2, 0) is 4.79 Å². The van der Waals surface area contributed by atoms with Gasteiger partial charge in [-0.05, 0) is 37.8 Å². The van der Waals surface area contributed by atoms with Crippen molar-refractivity contribution in [2.75, 3.05) is 0 Å². The molecule has 3 rings (SSSR count). The number of nitrogens with zero attached hydrogens (tertiary/aromatic N) is 2. The molecule has 0 aliphatic heterocycles. The molecule has 4 nitrogen and oxygen atoms in total. The van der Waals surface area contributed by atoms with Gasteiger partial charge in [-0.1, -0.05) is 49.9 Å². The second-order valence-corrected chi connectivity index (χ2v) is 9.57. The number of rotatable bonds is 5. The van der Waals surface area contributed by atoms with Crippen LogP contribution < -0.4 is 0 Å². The Morgan fingerprint density at radius 1 is 1.19 bits per heavy atom. The first-order valence-electron chi connectivity index (χ1n) is 8.47. The lowest BCUT2D eigenvalue weighted by Crippen LogP contribution is -2.27. The van der Waals surface area contributed by atoms with E-state index in [1.165, 1.54) is 17.3 Å². The van der Waals surface area contributed by atoms with Crippen LogP contribution in [0, 0.1) is 6.92 Å². The SMILES string of the molecule is Cc1nc(SC(C)(C)C(=O)O)c2c(-c3ccc(C(C)C)cc3)csc2n1. The van der Waals surface area contributed by atoms with Crippen molar-refractivity contribution < 1.29 is 9.90 Å². The Hall–Kier alpha value is -1.92. The molecule has 0 fully saturated rings. The Morgan fingerprint density at radius 3 is 2.42 bits per heavy atom. The van der Waals surface area contributed by atoms with Crippen LogP contribution in [0.2, 0.25) is 0 Å². The first-order valence-corrected chi connectivity index (χ1v) is 10.2. The molecule has 1 N–H and O–H groups in total. The van der Waals surface area contributed by atoms with Crippen LogP contribution in [0.3, 0.4) is 0 Å². The molecule has 0 saturated heterocycles. The van der Waals surface area contributed by atoms with Gasteiger partial charge in [-0.15, -0.1) is 11.3 Å². The van der Waals surface area contributed by atoms with Gasteiger partial charge in [-0.3, -0.25) is 4.79 Å². The Bertz CT molecular complexity index is 960. The molecule has 1 aromatic carbocycles. The van der Waals surface area contributed by atoms with Crippen molar-refractivity contribution in [3.8, 4) is 11.1 Å². The fraction of sp³-hybridized carbons (Fsp3) is 0.350. The maximum atomic E-state index is 11.6. The van der Waals surface area contributed by atoms with Gasteiger partial charge in [0.05, 0.1) is 5.39 Å². The minimum atomic E-state index is -0.964. The third-order valence-electron chi connectivity index (χ3n) is 4.27. The Morgan fingerprint density at radius 2 is 1.85 bits per heavy atom. The van der Waals surface area contributed by atoms with E-state index in [0.29, 0.717) is 11.7 Å². The average Bonchev–Trinajstić information content (AvgIpc) is 2.98. The predicted octanol–water partition coefficient (Wildman–Crippen LogP) is 5.75. The summed E-state index contributed by atoms with van der Waals surface area (Å²) in [6.45, 7) is 9.59. The minimum Gasteiger partial charge on any atom is -0.480 e. The number of hydrogen-bond donors (Lipinski definition) is 1. The topological polar surface area (TPSA) is 63.1 Å². The largest absolute Gasteiger partial charge is 0.480 e. The van der Waals surface area contributed by atoms with Crippen molar-refractivity contribution >= 4 is 39.3 Å². The summed E-state index contributed by atoms with van der Waals surface area (Å²) in [6.07, 6.45) is 0. The number of benzene rings is 1. The van der Waals surface area contributed by atoms with E-state index in [-0.39, 0.29) is 0 Å². The molecule has 3 aromatic rings. The van der Waals surface area contributed by atoms with E-state index in [1.54, 1.807) is 25.2 Å². The van der Waals surface area contributed by atoms with E-state index < -0.39 is 10.7 Å². The van der Waals surface area contributed by atoms with Gasteiger partial charge in [-0.2, -0.15) is 0 Å². The molecule has 0 radical (unpaired) electrons. The Labute approximate surface area is 161 Å². The normalized spacial score (nSPS) is 12.1. The highest BCUT2D eigenvalue weighted by atomic mass is 32.2. The summed E-state index contributed by atoms with van der Waals surface area (Å²) >= 11 is 2.85. The molecule has 0 spiro atoms. The lowest BCUT2D eigenvalue weighted by molar-refractivity contribution is -0.138. The van der Waals surface area contributed by atoms with Gasteiger partial charge in [0.25, 0.3) is 0 Å². The van der Waals surface area contributed by atoms with Gasteiger partial charge in [0.15, 0.2) is 0 Å². The number of aliphatic carboxylic acids is 1. The lowest BCUT2D eigenvalue weighted by Gasteiger charge is -2.18. The molecule has 6 heteroatoms. The molecule has 0 amide bonds. The van der Waals surface area contributed by atoms with E-state index in [1.807, 2.05) is 6.92 Å².